The third kappa shape index (κ3) is 5.93. The standard InChI is InChI=1S/C16H26N2O4S/c1-4-18(5-2)23(21,22)15-9-6-14(7-10-15)8-11-16(20)17-12-13(3)19/h6-7,9-10,13,19H,4-5,8,11-12H2,1-3H3,(H,17,20). The summed E-state index contributed by atoms with van der Waals surface area (Å²) in [7, 11) is -3.44. The molecule has 0 aliphatic heterocycles. The molecule has 0 spiro atoms. The largest absolute Gasteiger partial charge is 0.392 e. The van der Waals surface area contributed by atoms with Gasteiger partial charge >= 0.3 is 0 Å². The number of aryl methyl sites for hydroxylation is 1. The van der Waals surface area contributed by atoms with Gasteiger partial charge < -0.3 is 10.4 Å². The highest BCUT2D eigenvalue weighted by Gasteiger charge is 2.21. The smallest absolute Gasteiger partial charge is 0.243 e. The molecule has 0 aromatic heterocycles. The second-order valence-electron chi connectivity index (χ2n) is 5.39. The van der Waals surface area contributed by atoms with Crippen LogP contribution in [0, 0.1) is 0 Å². The summed E-state index contributed by atoms with van der Waals surface area (Å²) in [5.41, 5.74) is 0.899. The molecule has 2 N–H and O–H groups in total. The first-order chi connectivity index (χ1) is 10.8. The van der Waals surface area contributed by atoms with Crippen LogP contribution in [0.15, 0.2) is 29.2 Å². The van der Waals surface area contributed by atoms with E-state index in [9.17, 15) is 13.2 Å². The summed E-state index contributed by atoms with van der Waals surface area (Å²) in [5.74, 6) is -0.134. The lowest BCUT2D eigenvalue weighted by atomic mass is 10.1. The Morgan fingerprint density at radius 3 is 2.26 bits per heavy atom. The van der Waals surface area contributed by atoms with Gasteiger partial charge in [-0.3, -0.25) is 4.79 Å². The maximum atomic E-state index is 12.4. The van der Waals surface area contributed by atoms with Crippen LogP contribution < -0.4 is 5.32 Å². The van der Waals surface area contributed by atoms with Crippen LogP contribution in [0.2, 0.25) is 0 Å². The van der Waals surface area contributed by atoms with Gasteiger partial charge in [0.1, 0.15) is 0 Å². The van der Waals surface area contributed by atoms with Gasteiger partial charge in [0.05, 0.1) is 11.0 Å². The minimum Gasteiger partial charge on any atom is -0.392 e. The van der Waals surface area contributed by atoms with Crippen molar-refractivity contribution in [2.75, 3.05) is 19.6 Å². The number of aliphatic hydroxyl groups is 1. The molecule has 0 aliphatic carbocycles. The molecule has 0 heterocycles. The molecule has 1 aromatic carbocycles. The second-order valence-corrected chi connectivity index (χ2v) is 7.32. The van der Waals surface area contributed by atoms with Crippen LogP contribution in [0.25, 0.3) is 0 Å². The van der Waals surface area contributed by atoms with E-state index in [1.54, 1.807) is 45.0 Å². The topological polar surface area (TPSA) is 86.7 Å². The monoisotopic (exact) mass is 342 g/mol. The predicted octanol–water partition coefficient (Wildman–Crippen LogP) is 1.15. The Hall–Kier alpha value is -1.44. The maximum Gasteiger partial charge on any atom is 0.243 e. The van der Waals surface area contributed by atoms with Crippen molar-refractivity contribution in [1.29, 1.82) is 0 Å². The first-order valence-electron chi connectivity index (χ1n) is 7.85. The molecule has 0 radical (unpaired) electrons. The van der Waals surface area contributed by atoms with Crippen molar-refractivity contribution in [2.24, 2.45) is 0 Å². The molecule has 0 saturated carbocycles. The number of sulfonamides is 1. The molecule has 0 fully saturated rings. The number of nitrogens with zero attached hydrogens (tertiary/aromatic N) is 1. The van der Waals surface area contributed by atoms with Crippen molar-refractivity contribution in [3.05, 3.63) is 29.8 Å². The molecule has 0 aliphatic rings. The molecule has 1 atom stereocenters. The van der Waals surface area contributed by atoms with Gasteiger partial charge in [-0.05, 0) is 31.0 Å². The van der Waals surface area contributed by atoms with E-state index in [1.165, 1.54) is 4.31 Å². The fourth-order valence-electron chi connectivity index (χ4n) is 2.15. The molecule has 1 amide bonds. The lowest BCUT2D eigenvalue weighted by molar-refractivity contribution is -0.121. The van der Waals surface area contributed by atoms with Gasteiger partial charge in [0.15, 0.2) is 0 Å². The zero-order chi connectivity index (χ0) is 17.5. The number of hydrogen-bond donors (Lipinski definition) is 2. The molecule has 0 bridgehead atoms. The zero-order valence-corrected chi connectivity index (χ0v) is 14.8. The predicted molar refractivity (Wildman–Crippen MR) is 89.6 cm³/mol. The molecular weight excluding hydrogens is 316 g/mol. The fourth-order valence-corrected chi connectivity index (χ4v) is 3.61. The molecular formula is C16H26N2O4S. The van der Waals surface area contributed by atoms with Crippen LogP contribution >= 0.6 is 0 Å². The Balaban J connectivity index is 2.65. The molecule has 1 unspecified atom stereocenters. The van der Waals surface area contributed by atoms with Crippen molar-refractivity contribution in [3.8, 4) is 0 Å². The van der Waals surface area contributed by atoms with E-state index < -0.39 is 16.1 Å². The van der Waals surface area contributed by atoms with Gasteiger partial charge in [-0.15, -0.1) is 0 Å². The maximum absolute atomic E-state index is 12.4. The highest BCUT2D eigenvalue weighted by Crippen LogP contribution is 2.16. The Kier molecular flexibility index (Phi) is 7.67. The van der Waals surface area contributed by atoms with Crippen LogP contribution in [0.1, 0.15) is 32.8 Å². The van der Waals surface area contributed by atoms with Crippen molar-refractivity contribution in [3.63, 3.8) is 0 Å². The quantitative estimate of drug-likeness (QED) is 0.705. The number of nitrogens with one attached hydrogen (secondary N) is 1. The van der Waals surface area contributed by atoms with Gasteiger partial charge in [-0.2, -0.15) is 4.31 Å². The van der Waals surface area contributed by atoms with Crippen LogP contribution in [0.5, 0.6) is 0 Å². The number of rotatable bonds is 9. The second kappa shape index (κ2) is 9.00. The number of carbonyl (C=O) groups excluding carboxylic acids is 1. The van der Waals surface area contributed by atoms with Gasteiger partial charge in [0.25, 0.3) is 0 Å². The van der Waals surface area contributed by atoms with Crippen molar-refractivity contribution in [2.45, 2.75) is 44.6 Å². The fraction of sp³-hybridized carbons (Fsp3) is 0.562. The number of amides is 1. The molecule has 1 rings (SSSR count). The number of benzene rings is 1. The Labute approximate surface area is 138 Å². The van der Waals surface area contributed by atoms with Crippen molar-refractivity contribution >= 4 is 15.9 Å². The summed E-state index contributed by atoms with van der Waals surface area (Å²) >= 11 is 0. The summed E-state index contributed by atoms with van der Waals surface area (Å²) in [4.78, 5) is 11.9. The van der Waals surface area contributed by atoms with Gasteiger partial charge in [0.2, 0.25) is 15.9 Å². The number of aliphatic hydroxyl groups excluding tert-OH is 1. The van der Waals surface area contributed by atoms with Crippen LogP contribution in [-0.2, 0) is 21.2 Å². The minimum absolute atomic E-state index is 0.134. The molecule has 7 heteroatoms. The Morgan fingerprint density at radius 1 is 1.22 bits per heavy atom. The van der Waals surface area contributed by atoms with Gasteiger partial charge in [-0.25, -0.2) is 8.42 Å². The zero-order valence-electron chi connectivity index (χ0n) is 13.9. The van der Waals surface area contributed by atoms with E-state index in [0.29, 0.717) is 25.9 Å². The minimum atomic E-state index is -3.44. The van der Waals surface area contributed by atoms with Crippen LogP contribution in [-0.4, -0.2) is 49.5 Å². The van der Waals surface area contributed by atoms with Crippen molar-refractivity contribution < 1.29 is 18.3 Å². The summed E-state index contributed by atoms with van der Waals surface area (Å²) in [6, 6.07) is 6.63. The molecule has 1 aromatic rings. The lowest BCUT2D eigenvalue weighted by Crippen LogP contribution is -2.30. The lowest BCUT2D eigenvalue weighted by Gasteiger charge is -2.18. The highest BCUT2D eigenvalue weighted by atomic mass is 32.2. The van der Waals surface area contributed by atoms with Crippen LogP contribution in [0.4, 0.5) is 0 Å². The first kappa shape index (κ1) is 19.6. The summed E-state index contributed by atoms with van der Waals surface area (Å²) in [6.45, 7) is 6.33. The number of carbonyl (C=O) groups is 1. The van der Waals surface area contributed by atoms with Crippen LogP contribution in [0.3, 0.4) is 0 Å². The third-order valence-corrected chi connectivity index (χ3v) is 5.57. The summed E-state index contributed by atoms with van der Waals surface area (Å²) in [5, 5.41) is 11.7. The SMILES string of the molecule is CCN(CC)S(=O)(=O)c1ccc(CCC(=O)NCC(C)O)cc1. The van der Waals surface area contributed by atoms with E-state index in [2.05, 4.69) is 5.32 Å². The summed E-state index contributed by atoms with van der Waals surface area (Å²) < 4.78 is 26.1. The average molecular weight is 342 g/mol. The van der Waals surface area contributed by atoms with E-state index >= 15 is 0 Å². The van der Waals surface area contributed by atoms with Gasteiger partial charge in [0, 0.05) is 26.1 Å². The highest BCUT2D eigenvalue weighted by molar-refractivity contribution is 7.89. The summed E-state index contributed by atoms with van der Waals surface area (Å²) in [6.07, 6.45) is 0.259. The van der Waals surface area contributed by atoms with E-state index in [1.807, 2.05) is 0 Å². The van der Waals surface area contributed by atoms with E-state index in [-0.39, 0.29) is 17.3 Å². The van der Waals surface area contributed by atoms with E-state index in [0.717, 1.165) is 5.56 Å². The normalized spacial score (nSPS) is 13.1. The molecule has 130 valence electrons. The molecule has 0 saturated heterocycles. The molecule has 6 nitrogen and oxygen atoms in total. The Bertz CT molecular complexity index is 593. The number of hydrogen-bond acceptors (Lipinski definition) is 4. The molecule has 23 heavy (non-hydrogen) atoms. The first-order valence-corrected chi connectivity index (χ1v) is 9.29. The Morgan fingerprint density at radius 2 is 1.78 bits per heavy atom. The third-order valence-electron chi connectivity index (χ3n) is 3.50. The van der Waals surface area contributed by atoms with Crippen molar-refractivity contribution in [1.82, 2.24) is 9.62 Å². The van der Waals surface area contributed by atoms with E-state index in [4.69, 9.17) is 5.11 Å². The van der Waals surface area contributed by atoms with Gasteiger partial charge in [-0.1, -0.05) is 26.0 Å². The average Bonchev–Trinajstić information content (AvgIpc) is 2.52.